The summed E-state index contributed by atoms with van der Waals surface area (Å²) < 4.78 is 0. The van der Waals surface area contributed by atoms with E-state index in [1.807, 2.05) is 0 Å². The van der Waals surface area contributed by atoms with Gasteiger partial charge in [-0.3, -0.25) is 0 Å². The van der Waals surface area contributed by atoms with E-state index in [1.54, 1.807) is 5.57 Å². The van der Waals surface area contributed by atoms with Gasteiger partial charge in [-0.2, -0.15) is 0 Å². The highest BCUT2D eigenvalue weighted by Crippen LogP contribution is 2.64. The molecule has 1 heteroatoms. The lowest BCUT2D eigenvalue weighted by molar-refractivity contribution is 0.686. The Bertz CT molecular complexity index is 3480. The summed E-state index contributed by atoms with van der Waals surface area (Å²) in [7, 11) is 0. The first kappa shape index (κ1) is 40.6. The van der Waals surface area contributed by atoms with Gasteiger partial charge in [-0.15, -0.1) is 0 Å². The SMILES string of the molecule is C1=CC2C=Cc3c(c(CC4=CCCC=C4)cc4ccc(C5=CC=C(N(C6=CC=C(c7ccccc7)CC6)c6ccc7c(c6)C6(C8=C7C=CCC8)c7ccccc7-c7ccccc76)CC5)cc34)C2C=C1. The Morgan fingerprint density at radius 2 is 1.28 bits per heavy atom. The van der Waals surface area contributed by atoms with E-state index in [-0.39, 0.29) is 5.41 Å². The highest BCUT2D eigenvalue weighted by atomic mass is 15.2. The van der Waals surface area contributed by atoms with Crippen molar-refractivity contribution in [2.75, 3.05) is 4.90 Å². The summed E-state index contributed by atoms with van der Waals surface area (Å²) in [6.45, 7) is 0. The van der Waals surface area contributed by atoms with Crippen LogP contribution in [-0.4, -0.2) is 0 Å². The summed E-state index contributed by atoms with van der Waals surface area (Å²) in [4.78, 5) is 2.64. The Kier molecular flexibility index (Phi) is 9.61. The first-order chi connectivity index (χ1) is 34.2. The molecule has 2 unspecified atom stereocenters. The van der Waals surface area contributed by atoms with Gasteiger partial charge in [0, 0.05) is 28.9 Å². The Morgan fingerprint density at radius 1 is 0.536 bits per heavy atom. The molecule has 0 saturated carbocycles. The zero-order chi connectivity index (χ0) is 45.5. The molecule has 0 radical (unpaired) electrons. The van der Waals surface area contributed by atoms with Crippen LogP contribution < -0.4 is 4.90 Å². The first-order valence-electron chi connectivity index (χ1n) is 25.6. The number of benzene rings is 6. The predicted molar refractivity (Wildman–Crippen MR) is 291 cm³/mol. The number of nitrogens with zero attached hydrogens (tertiary/aromatic N) is 1. The molecule has 0 aliphatic heterocycles. The number of allylic oxidation sites excluding steroid dienone is 21. The third-order valence-corrected chi connectivity index (χ3v) is 16.6. The molecule has 0 amide bonds. The van der Waals surface area contributed by atoms with E-state index in [4.69, 9.17) is 0 Å². The highest BCUT2D eigenvalue weighted by molar-refractivity contribution is 5.99. The summed E-state index contributed by atoms with van der Waals surface area (Å²) in [5.41, 5.74) is 26.4. The monoisotopic (exact) mass is 885 g/mol. The van der Waals surface area contributed by atoms with Crippen molar-refractivity contribution in [1.29, 1.82) is 0 Å². The molecule has 8 aliphatic carbocycles. The molecule has 0 heterocycles. The molecule has 8 aliphatic rings. The maximum Gasteiger partial charge on any atom is 0.0689 e. The van der Waals surface area contributed by atoms with Gasteiger partial charge >= 0.3 is 0 Å². The standard InChI is InChI=1S/C68H55N/c1-3-15-45(16-4-1)41-52-42-51-28-27-50(43-62(51)61-39-33-49-19-7-8-20-56(49)67(52)61)48-31-36-54(37-32-48)69(53-34-29-47(30-35-53)46-17-5-2-6-18-46)55-38-40-60-59-23-11-14-26-65(59)68(66(60)44-55)63-24-12-9-21-57(63)58-22-10-13-25-64(58)68/h2-3,5-13,15-25,27-29,31,33-34,36,38-40,42-44,49,56H,1,4,14,26,30,32,35,37,41H2. The molecule has 1 nitrogen and oxygen atoms in total. The van der Waals surface area contributed by atoms with Crippen molar-refractivity contribution in [3.63, 3.8) is 0 Å². The van der Waals surface area contributed by atoms with E-state index in [2.05, 4.69) is 217 Å². The average Bonchev–Trinajstić information content (AvgIpc) is 3.89. The molecule has 0 N–H and O–H groups in total. The van der Waals surface area contributed by atoms with Crippen molar-refractivity contribution < 1.29 is 0 Å². The van der Waals surface area contributed by atoms with Gasteiger partial charge in [0.05, 0.1) is 5.41 Å². The second-order valence-corrected chi connectivity index (χ2v) is 20.3. The molecule has 69 heavy (non-hydrogen) atoms. The molecule has 0 saturated heterocycles. The Hall–Kier alpha value is -7.48. The molecule has 14 rings (SSSR count). The molecular formula is C68H55N. The third kappa shape index (κ3) is 6.43. The Balaban J connectivity index is 0.888. The van der Waals surface area contributed by atoms with Crippen molar-refractivity contribution in [1.82, 2.24) is 0 Å². The maximum absolute atomic E-state index is 2.64. The quantitative estimate of drug-likeness (QED) is 0.154. The predicted octanol–water partition coefficient (Wildman–Crippen LogP) is 17.3. The second kappa shape index (κ2) is 16.3. The van der Waals surface area contributed by atoms with Gasteiger partial charge in [0.2, 0.25) is 0 Å². The zero-order valence-corrected chi connectivity index (χ0v) is 39.2. The summed E-state index contributed by atoms with van der Waals surface area (Å²) in [5, 5.41) is 2.71. The number of hydrogen-bond acceptors (Lipinski definition) is 1. The lowest BCUT2D eigenvalue weighted by Gasteiger charge is -2.36. The lowest BCUT2D eigenvalue weighted by Crippen LogP contribution is -2.29. The molecule has 1 spiro atoms. The van der Waals surface area contributed by atoms with Gasteiger partial charge in [-0.1, -0.05) is 182 Å². The molecule has 0 aromatic heterocycles. The van der Waals surface area contributed by atoms with Crippen LogP contribution in [0.4, 0.5) is 5.69 Å². The van der Waals surface area contributed by atoms with Crippen LogP contribution in [0.25, 0.3) is 44.7 Å². The van der Waals surface area contributed by atoms with Gasteiger partial charge < -0.3 is 4.90 Å². The van der Waals surface area contributed by atoms with E-state index in [9.17, 15) is 0 Å². The summed E-state index contributed by atoms with van der Waals surface area (Å²) in [6.07, 6.45) is 45.2. The van der Waals surface area contributed by atoms with Crippen LogP contribution in [0.15, 0.2) is 229 Å². The molecule has 332 valence electrons. The van der Waals surface area contributed by atoms with E-state index >= 15 is 0 Å². The van der Waals surface area contributed by atoms with Crippen molar-refractivity contribution in [2.24, 2.45) is 5.92 Å². The van der Waals surface area contributed by atoms with Crippen molar-refractivity contribution in [3.8, 4) is 11.1 Å². The van der Waals surface area contributed by atoms with Crippen molar-refractivity contribution in [3.05, 3.63) is 279 Å². The Labute approximate surface area is 407 Å². The van der Waals surface area contributed by atoms with Gasteiger partial charge in [0.1, 0.15) is 0 Å². The smallest absolute Gasteiger partial charge is 0.0689 e. The van der Waals surface area contributed by atoms with Crippen molar-refractivity contribution in [2.45, 2.75) is 69.1 Å². The normalized spacial score (nSPS) is 20.8. The van der Waals surface area contributed by atoms with Gasteiger partial charge in [0.25, 0.3) is 0 Å². The number of hydrogen-bond donors (Lipinski definition) is 0. The van der Waals surface area contributed by atoms with Gasteiger partial charge in [-0.25, -0.2) is 0 Å². The minimum atomic E-state index is -0.306. The van der Waals surface area contributed by atoms with Crippen molar-refractivity contribution >= 4 is 39.3 Å². The van der Waals surface area contributed by atoms with Crippen LogP contribution in [0.2, 0.25) is 0 Å². The fraction of sp³-hybridized carbons (Fsp3) is 0.176. The van der Waals surface area contributed by atoms with Crippen LogP contribution >= 0.6 is 0 Å². The molecule has 6 aromatic carbocycles. The fourth-order valence-corrected chi connectivity index (χ4v) is 13.6. The van der Waals surface area contributed by atoms with Gasteiger partial charge in [-0.05, 0) is 188 Å². The second-order valence-electron chi connectivity index (χ2n) is 20.3. The summed E-state index contributed by atoms with van der Waals surface area (Å²) in [6, 6.07) is 46.7. The largest absolute Gasteiger partial charge is 0.318 e. The third-order valence-electron chi connectivity index (χ3n) is 16.6. The minimum absolute atomic E-state index is 0.306. The molecule has 0 fully saturated rings. The number of fused-ring (bicyclic) bond motifs is 14. The van der Waals surface area contributed by atoms with Crippen LogP contribution in [0.1, 0.15) is 107 Å². The number of anilines is 1. The molecular weight excluding hydrogens is 831 g/mol. The van der Waals surface area contributed by atoms with Crippen LogP contribution in [0.3, 0.4) is 0 Å². The minimum Gasteiger partial charge on any atom is -0.318 e. The van der Waals surface area contributed by atoms with Crippen LogP contribution in [0, 0.1) is 5.92 Å². The zero-order valence-electron chi connectivity index (χ0n) is 39.2. The van der Waals surface area contributed by atoms with E-state index < -0.39 is 0 Å². The number of rotatable bonds is 7. The fourth-order valence-electron chi connectivity index (χ4n) is 13.6. The molecule has 6 aromatic rings. The lowest BCUT2D eigenvalue weighted by atomic mass is 9.68. The highest BCUT2D eigenvalue weighted by Gasteiger charge is 2.52. The van der Waals surface area contributed by atoms with E-state index in [0.29, 0.717) is 11.8 Å². The van der Waals surface area contributed by atoms with E-state index in [1.165, 1.54) is 111 Å². The molecule has 2 atom stereocenters. The average molecular weight is 886 g/mol. The van der Waals surface area contributed by atoms with Crippen LogP contribution in [-0.2, 0) is 11.8 Å². The Morgan fingerprint density at radius 3 is 2.03 bits per heavy atom. The van der Waals surface area contributed by atoms with Gasteiger partial charge in [0.15, 0.2) is 0 Å². The summed E-state index contributed by atoms with van der Waals surface area (Å²) in [5.74, 6) is 0.777. The first-order valence-corrected chi connectivity index (χ1v) is 25.6. The topological polar surface area (TPSA) is 3.24 Å². The summed E-state index contributed by atoms with van der Waals surface area (Å²) >= 11 is 0. The maximum atomic E-state index is 2.64. The van der Waals surface area contributed by atoms with E-state index in [0.717, 1.165) is 57.8 Å². The van der Waals surface area contributed by atoms with Crippen LogP contribution in [0.5, 0.6) is 0 Å². The molecule has 0 bridgehead atoms.